The number of carbonyl (C=O) groups excluding carboxylic acids is 2. The fourth-order valence-electron chi connectivity index (χ4n) is 4.57. The highest BCUT2D eigenvalue weighted by Gasteiger charge is 2.32. The summed E-state index contributed by atoms with van der Waals surface area (Å²) in [6.07, 6.45) is 3.45. The molecule has 8 nitrogen and oxygen atoms in total. The second kappa shape index (κ2) is 11.9. The van der Waals surface area contributed by atoms with Crippen molar-refractivity contribution in [2.24, 2.45) is 0 Å². The molecule has 4 aromatic carbocycles. The molecule has 200 valence electrons. The quantitative estimate of drug-likeness (QED) is 0.169. The molecule has 4 rings (SSSR count). The fraction of sp³-hybridized carbons (Fsp3) is 0.0625. The second-order valence-electron chi connectivity index (χ2n) is 9.13. The Morgan fingerprint density at radius 2 is 1.05 bits per heavy atom. The Kier molecular flexibility index (Phi) is 8.20. The number of benzene rings is 4. The molecule has 8 heteroatoms. The maximum Gasteiger partial charge on any atom is 0.328 e. The van der Waals surface area contributed by atoms with Crippen LogP contribution in [0.1, 0.15) is 23.6 Å². The molecule has 0 aliphatic carbocycles. The number of rotatable bonds is 9. The maximum absolute atomic E-state index is 12.0. The zero-order valence-corrected chi connectivity index (χ0v) is 21.5. The van der Waals surface area contributed by atoms with Crippen molar-refractivity contribution in [1.29, 1.82) is 0 Å². The van der Waals surface area contributed by atoms with E-state index in [1.807, 2.05) is 54.6 Å². The smallest absolute Gasteiger partial charge is 0.328 e. The van der Waals surface area contributed by atoms with Gasteiger partial charge in [0.25, 0.3) is 0 Å². The molecule has 0 atom stereocenters. The number of fused-ring (bicyclic) bond motifs is 1. The van der Waals surface area contributed by atoms with Gasteiger partial charge in [0, 0.05) is 41.1 Å². The molecule has 0 saturated carbocycles. The number of carboxylic acids is 2. The summed E-state index contributed by atoms with van der Waals surface area (Å²) in [6, 6.07) is 28.9. The van der Waals surface area contributed by atoms with Crippen LogP contribution in [-0.4, -0.2) is 34.0 Å². The van der Waals surface area contributed by atoms with Crippen molar-refractivity contribution < 1.29 is 29.4 Å². The average Bonchev–Trinajstić information content (AvgIpc) is 2.95. The highest BCUT2D eigenvalue weighted by Crippen LogP contribution is 2.42. The van der Waals surface area contributed by atoms with E-state index >= 15 is 0 Å². The minimum atomic E-state index is -1.21. The van der Waals surface area contributed by atoms with Gasteiger partial charge in [-0.2, -0.15) is 0 Å². The highest BCUT2D eigenvalue weighted by molar-refractivity contribution is 6.03. The van der Waals surface area contributed by atoms with E-state index in [4.69, 9.17) is 10.2 Å². The molecule has 0 aliphatic heterocycles. The van der Waals surface area contributed by atoms with Crippen LogP contribution in [0.3, 0.4) is 0 Å². The number of carbonyl (C=O) groups is 4. The second-order valence-corrected chi connectivity index (χ2v) is 9.13. The van der Waals surface area contributed by atoms with Crippen molar-refractivity contribution in [1.82, 2.24) is 0 Å². The largest absolute Gasteiger partial charge is 0.478 e. The van der Waals surface area contributed by atoms with E-state index in [-0.39, 0.29) is 0 Å². The van der Waals surface area contributed by atoms with E-state index in [0.717, 1.165) is 51.8 Å². The Hall–Kier alpha value is -5.50. The van der Waals surface area contributed by atoms with Gasteiger partial charge in [0.15, 0.2) is 0 Å². The fourth-order valence-corrected chi connectivity index (χ4v) is 4.57. The first kappa shape index (κ1) is 27.5. The number of hydrogen-bond acceptors (Lipinski definition) is 4. The third-order valence-electron chi connectivity index (χ3n) is 6.54. The molecular formula is C32H26N2O6. The number of anilines is 2. The number of nitrogens with one attached hydrogen (secondary N) is 2. The molecule has 0 bridgehead atoms. The summed E-state index contributed by atoms with van der Waals surface area (Å²) in [5, 5.41) is 24.9. The van der Waals surface area contributed by atoms with Crippen molar-refractivity contribution in [3.63, 3.8) is 0 Å². The molecule has 0 heterocycles. The Morgan fingerprint density at radius 1 is 0.600 bits per heavy atom. The lowest BCUT2D eigenvalue weighted by atomic mass is 9.69. The Balaban J connectivity index is 1.74. The van der Waals surface area contributed by atoms with Crippen molar-refractivity contribution in [2.75, 3.05) is 10.6 Å². The zero-order chi connectivity index (χ0) is 28.7. The first-order valence-electron chi connectivity index (χ1n) is 12.3. The van der Waals surface area contributed by atoms with Crippen molar-refractivity contribution >= 4 is 45.9 Å². The Bertz CT molecular complexity index is 1550. The van der Waals surface area contributed by atoms with E-state index in [1.54, 1.807) is 24.3 Å². The lowest BCUT2D eigenvalue weighted by molar-refractivity contribution is -0.132. The topological polar surface area (TPSA) is 133 Å². The SMILES string of the molecule is CC(c1ccc(NC(=O)/C=C/C(=O)O)cc1)(c1ccc(NC(=O)/C=C/C(=O)O)cc1)c1cccc2ccccc12. The van der Waals surface area contributed by atoms with Crippen LogP contribution in [0.5, 0.6) is 0 Å². The Labute approximate surface area is 230 Å². The summed E-state index contributed by atoms with van der Waals surface area (Å²) >= 11 is 0. The molecule has 0 aliphatic rings. The summed E-state index contributed by atoms with van der Waals surface area (Å²) in [4.78, 5) is 45.5. The first-order valence-corrected chi connectivity index (χ1v) is 12.3. The summed E-state index contributed by atoms with van der Waals surface area (Å²) in [5.74, 6) is -3.53. The number of carboxylic acid groups (broad SMARTS) is 2. The number of aliphatic carboxylic acids is 2. The molecule has 4 aromatic rings. The lowest BCUT2D eigenvalue weighted by Crippen LogP contribution is -2.26. The first-order chi connectivity index (χ1) is 19.2. The van der Waals surface area contributed by atoms with Gasteiger partial charge in [-0.15, -0.1) is 0 Å². The Morgan fingerprint density at radius 3 is 1.52 bits per heavy atom. The third-order valence-corrected chi connectivity index (χ3v) is 6.54. The molecule has 40 heavy (non-hydrogen) atoms. The van der Waals surface area contributed by atoms with Crippen LogP contribution in [-0.2, 0) is 24.6 Å². The van der Waals surface area contributed by atoms with Gasteiger partial charge in [-0.3, -0.25) is 9.59 Å². The van der Waals surface area contributed by atoms with Crippen LogP contribution < -0.4 is 10.6 Å². The third kappa shape index (κ3) is 6.31. The van der Waals surface area contributed by atoms with E-state index < -0.39 is 29.2 Å². The minimum absolute atomic E-state index is 0.511. The van der Waals surface area contributed by atoms with Crippen LogP contribution in [0.15, 0.2) is 115 Å². The molecule has 2 amide bonds. The predicted octanol–water partition coefficient (Wildman–Crippen LogP) is 5.35. The van der Waals surface area contributed by atoms with Crippen molar-refractivity contribution in [2.45, 2.75) is 12.3 Å². The molecule has 4 N–H and O–H groups in total. The van der Waals surface area contributed by atoms with Gasteiger partial charge in [0.05, 0.1) is 0 Å². The van der Waals surface area contributed by atoms with Gasteiger partial charge < -0.3 is 20.8 Å². The van der Waals surface area contributed by atoms with Gasteiger partial charge in [-0.25, -0.2) is 9.59 Å². The summed E-state index contributed by atoms with van der Waals surface area (Å²) in [6.45, 7) is 2.10. The number of amides is 2. The molecule has 0 fully saturated rings. The van der Waals surface area contributed by atoms with Crippen LogP contribution in [0.4, 0.5) is 11.4 Å². The van der Waals surface area contributed by atoms with Crippen molar-refractivity contribution in [3.05, 3.63) is 132 Å². The summed E-state index contributed by atoms with van der Waals surface area (Å²) in [5.41, 5.74) is 3.28. The van der Waals surface area contributed by atoms with E-state index in [9.17, 15) is 19.2 Å². The van der Waals surface area contributed by atoms with Gasteiger partial charge in [0.1, 0.15) is 0 Å². The molecule has 0 spiro atoms. The van der Waals surface area contributed by atoms with Gasteiger partial charge >= 0.3 is 11.9 Å². The molecule has 0 radical (unpaired) electrons. The monoisotopic (exact) mass is 534 g/mol. The molecular weight excluding hydrogens is 508 g/mol. The standard InChI is InChI=1S/C32H26N2O6/c1-32(27-8-4-6-21-5-2-3-7-26(21)27,22-9-13-24(14-10-22)33-28(35)17-19-30(37)38)23-11-15-25(16-12-23)34-29(36)18-20-31(39)40/h2-20H,1H3,(H,33,35)(H,34,36)(H,37,38)(H,39,40)/b19-17+,20-18+. The number of hydrogen-bond donors (Lipinski definition) is 4. The normalized spacial score (nSPS) is 11.5. The van der Waals surface area contributed by atoms with E-state index in [1.165, 1.54) is 0 Å². The van der Waals surface area contributed by atoms with E-state index in [2.05, 4.69) is 29.7 Å². The minimum Gasteiger partial charge on any atom is -0.478 e. The van der Waals surface area contributed by atoms with Crippen LogP contribution in [0.25, 0.3) is 10.8 Å². The van der Waals surface area contributed by atoms with Crippen molar-refractivity contribution in [3.8, 4) is 0 Å². The lowest BCUT2D eigenvalue weighted by Gasteiger charge is -2.33. The van der Waals surface area contributed by atoms with Gasteiger partial charge in [0.2, 0.25) is 11.8 Å². The van der Waals surface area contributed by atoms with Gasteiger partial charge in [-0.1, -0.05) is 66.7 Å². The van der Waals surface area contributed by atoms with Gasteiger partial charge in [-0.05, 0) is 58.7 Å². The molecule has 0 unspecified atom stereocenters. The zero-order valence-electron chi connectivity index (χ0n) is 21.5. The highest BCUT2D eigenvalue weighted by atomic mass is 16.4. The van der Waals surface area contributed by atoms with E-state index in [0.29, 0.717) is 11.4 Å². The maximum atomic E-state index is 12.0. The van der Waals surface area contributed by atoms with Crippen LogP contribution in [0.2, 0.25) is 0 Å². The predicted molar refractivity (Wildman–Crippen MR) is 153 cm³/mol. The average molecular weight is 535 g/mol. The molecule has 0 saturated heterocycles. The summed E-state index contributed by atoms with van der Waals surface area (Å²) < 4.78 is 0. The van der Waals surface area contributed by atoms with Crippen LogP contribution in [0, 0.1) is 0 Å². The van der Waals surface area contributed by atoms with Crippen LogP contribution >= 0.6 is 0 Å². The molecule has 0 aromatic heterocycles. The summed E-state index contributed by atoms with van der Waals surface area (Å²) in [7, 11) is 0.